The number of hydrogen-bond acceptors (Lipinski definition) is 3. The number of alkyl carbamates (subject to hydrolysis) is 1. The van der Waals surface area contributed by atoms with Crippen LogP contribution in [0.15, 0.2) is 0 Å². The third kappa shape index (κ3) is 4.40. The van der Waals surface area contributed by atoms with Crippen LogP contribution in [0, 0.1) is 0 Å². The number of hydrogen-bond donors (Lipinski definition) is 2. The monoisotopic (exact) mass is 266 g/mol. The zero-order chi connectivity index (χ0) is 11.5. The third-order valence-corrected chi connectivity index (χ3v) is 1.85. The quantitative estimate of drug-likeness (QED) is 0.750. The van der Waals surface area contributed by atoms with E-state index in [4.69, 9.17) is 0 Å². The Morgan fingerprint density at radius 2 is 2.19 bits per heavy atom. The van der Waals surface area contributed by atoms with Crippen molar-refractivity contribution in [1.82, 2.24) is 10.6 Å². The smallest absolute Gasteiger partial charge is 0.407 e. The van der Waals surface area contributed by atoms with Gasteiger partial charge in [0.15, 0.2) is 6.61 Å². The molecule has 0 saturated carbocycles. The second-order valence-electron chi connectivity index (χ2n) is 3.08. The van der Waals surface area contributed by atoms with Gasteiger partial charge in [-0.25, -0.2) is 22.4 Å². The Bertz CT molecular complexity index is 242. The van der Waals surface area contributed by atoms with Crippen molar-refractivity contribution >= 4 is 18.5 Å². The maximum Gasteiger partial charge on any atom is 0.407 e. The Morgan fingerprint density at radius 1 is 1.56 bits per heavy atom. The van der Waals surface area contributed by atoms with Crippen LogP contribution in [0.1, 0.15) is 0 Å². The molecule has 0 aromatic heterocycles. The first-order valence-corrected chi connectivity index (χ1v) is 4.22. The standard InChI is InChI=1S/C7H10F4N2O2.ClH/c8-5(9)2-15-6(14)13-4-1-12-3-7(4,10)11;/h4-5,12H,1-3H2,(H,13,14);1H. The molecule has 1 heterocycles. The van der Waals surface area contributed by atoms with Gasteiger partial charge in [-0.3, -0.25) is 0 Å². The molecule has 1 saturated heterocycles. The highest BCUT2D eigenvalue weighted by atomic mass is 35.5. The van der Waals surface area contributed by atoms with Crippen molar-refractivity contribution in [3.63, 3.8) is 0 Å². The van der Waals surface area contributed by atoms with Crippen molar-refractivity contribution in [2.24, 2.45) is 0 Å². The Balaban J connectivity index is 0.00000225. The van der Waals surface area contributed by atoms with E-state index in [0.29, 0.717) is 0 Å². The van der Waals surface area contributed by atoms with Crippen LogP contribution in [0.2, 0.25) is 0 Å². The summed E-state index contributed by atoms with van der Waals surface area (Å²) < 4.78 is 53.0. The Hall–Kier alpha value is -0.760. The molecule has 1 aliphatic heterocycles. The van der Waals surface area contributed by atoms with Gasteiger partial charge in [0.2, 0.25) is 0 Å². The van der Waals surface area contributed by atoms with Crippen molar-refractivity contribution in [1.29, 1.82) is 0 Å². The Kier molecular flexibility index (Phi) is 5.80. The van der Waals surface area contributed by atoms with Gasteiger partial charge in [-0.15, -0.1) is 12.4 Å². The topological polar surface area (TPSA) is 50.4 Å². The highest BCUT2D eigenvalue weighted by molar-refractivity contribution is 5.85. The van der Waals surface area contributed by atoms with Gasteiger partial charge in [0.1, 0.15) is 6.04 Å². The van der Waals surface area contributed by atoms with E-state index >= 15 is 0 Å². The maximum atomic E-state index is 12.9. The second kappa shape index (κ2) is 6.09. The Labute approximate surface area is 95.1 Å². The number of nitrogens with one attached hydrogen (secondary N) is 2. The van der Waals surface area contributed by atoms with Crippen LogP contribution < -0.4 is 10.6 Å². The molecule has 4 nitrogen and oxygen atoms in total. The van der Waals surface area contributed by atoms with Gasteiger partial charge in [0.25, 0.3) is 12.3 Å². The van der Waals surface area contributed by atoms with Gasteiger partial charge >= 0.3 is 6.09 Å². The first-order valence-electron chi connectivity index (χ1n) is 4.22. The number of amides is 1. The average Bonchev–Trinajstić information content (AvgIpc) is 2.43. The van der Waals surface area contributed by atoms with Crippen LogP contribution in [0.25, 0.3) is 0 Å². The summed E-state index contributed by atoms with van der Waals surface area (Å²) in [4.78, 5) is 10.8. The summed E-state index contributed by atoms with van der Waals surface area (Å²) in [6.07, 6.45) is -4.07. The minimum Gasteiger partial charge on any atom is -0.443 e. The van der Waals surface area contributed by atoms with E-state index in [9.17, 15) is 22.4 Å². The van der Waals surface area contributed by atoms with Gasteiger partial charge in [-0.2, -0.15) is 0 Å². The van der Waals surface area contributed by atoms with E-state index in [-0.39, 0.29) is 19.0 Å². The second-order valence-corrected chi connectivity index (χ2v) is 3.08. The normalized spacial score (nSPS) is 22.7. The summed E-state index contributed by atoms with van der Waals surface area (Å²) in [6.45, 7) is -1.76. The molecular weight excluding hydrogens is 256 g/mol. The molecule has 1 unspecified atom stereocenters. The molecule has 9 heteroatoms. The molecule has 96 valence electrons. The lowest BCUT2D eigenvalue weighted by molar-refractivity contribution is -0.00722. The van der Waals surface area contributed by atoms with Gasteiger partial charge in [0.05, 0.1) is 6.54 Å². The molecule has 1 rings (SSSR count). The summed E-state index contributed by atoms with van der Waals surface area (Å²) in [6, 6.07) is -1.41. The zero-order valence-corrected chi connectivity index (χ0v) is 8.83. The first-order chi connectivity index (χ1) is 6.92. The van der Waals surface area contributed by atoms with E-state index in [0.717, 1.165) is 0 Å². The van der Waals surface area contributed by atoms with Crippen molar-refractivity contribution in [3.8, 4) is 0 Å². The Morgan fingerprint density at radius 3 is 2.62 bits per heavy atom. The maximum absolute atomic E-state index is 12.9. The fourth-order valence-electron chi connectivity index (χ4n) is 1.13. The molecule has 1 aliphatic rings. The predicted molar refractivity (Wildman–Crippen MR) is 49.3 cm³/mol. The zero-order valence-electron chi connectivity index (χ0n) is 8.01. The van der Waals surface area contributed by atoms with Crippen LogP contribution in [0.5, 0.6) is 0 Å². The van der Waals surface area contributed by atoms with Crippen LogP contribution in [-0.4, -0.2) is 44.2 Å². The van der Waals surface area contributed by atoms with Crippen LogP contribution in [-0.2, 0) is 4.74 Å². The fraction of sp³-hybridized carbons (Fsp3) is 0.857. The lowest BCUT2D eigenvalue weighted by Gasteiger charge is -2.18. The molecule has 0 aromatic rings. The molecule has 2 N–H and O–H groups in total. The predicted octanol–water partition coefficient (Wildman–Crippen LogP) is 1.01. The number of rotatable bonds is 3. The van der Waals surface area contributed by atoms with Gasteiger partial charge in [0, 0.05) is 6.54 Å². The molecule has 1 fully saturated rings. The summed E-state index contributed by atoms with van der Waals surface area (Å²) in [5.74, 6) is -3.08. The molecule has 1 atom stereocenters. The van der Waals surface area contributed by atoms with E-state index in [1.807, 2.05) is 5.32 Å². The summed E-state index contributed by atoms with van der Waals surface area (Å²) >= 11 is 0. The number of halogens is 5. The molecule has 0 spiro atoms. The van der Waals surface area contributed by atoms with Crippen LogP contribution in [0.4, 0.5) is 22.4 Å². The summed E-state index contributed by atoms with van der Waals surface area (Å²) in [5, 5.41) is 4.18. The highest BCUT2D eigenvalue weighted by Crippen LogP contribution is 2.21. The minimum absolute atomic E-state index is 0. The molecule has 1 amide bonds. The van der Waals surface area contributed by atoms with E-state index in [2.05, 4.69) is 10.1 Å². The van der Waals surface area contributed by atoms with E-state index < -0.39 is 37.6 Å². The van der Waals surface area contributed by atoms with Gasteiger partial charge < -0.3 is 15.4 Å². The first kappa shape index (κ1) is 15.2. The molecule has 0 bridgehead atoms. The largest absolute Gasteiger partial charge is 0.443 e. The summed E-state index contributed by atoms with van der Waals surface area (Å²) in [5.41, 5.74) is 0. The van der Waals surface area contributed by atoms with Crippen molar-refractivity contribution in [3.05, 3.63) is 0 Å². The molecule has 0 aliphatic carbocycles. The van der Waals surface area contributed by atoms with Gasteiger partial charge in [-0.1, -0.05) is 0 Å². The molecule has 16 heavy (non-hydrogen) atoms. The highest BCUT2D eigenvalue weighted by Gasteiger charge is 2.45. The summed E-state index contributed by atoms with van der Waals surface area (Å²) in [7, 11) is 0. The van der Waals surface area contributed by atoms with Crippen molar-refractivity contribution in [2.45, 2.75) is 18.4 Å². The van der Waals surface area contributed by atoms with Gasteiger partial charge in [-0.05, 0) is 0 Å². The molecule has 0 radical (unpaired) electrons. The SMILES string of the molecule is Cl.O=C(NC1CNCC1(F)F)OCC(F)F. The molecule has 0 aromatic carbocycles. The number of carbonyl (C=O) groups is 1. The van der Waals surface area contributed by atoms with Crippen LogP contribution in [0.3, 0.4) is 0 Å². The lowest BCUT2D eigenvalue weighted by atomic mass is 10.2. The lowest BCUT2D eigenvalue weighted by Crippen LogP contribution is -2.47. The number of ether oxygens (including phenoxy) is 1. The van der Waals surface area contributed by atoms with Crippen molar-refractivity contribution < 1.29 is 27.1 Å². The minimum atomic E-state index is -3.08. The van der Waals surface area contributed by atoms with E-state index in [1.165, 1.54) is 0 Å². The fourth-order valence-corrected chi connectivity index (χ4v) is 1.13. The molecular formula is C7H11ClF4N2O2. The number of carbonyl (C=O) groups excluding carboxylic acids is 1. The number of alkyl halides is 4. The average molecular weight is 267 g/mol. The van der Waals surface area contributed by atoms with Crippen LogP contribution >= 0.6 is 12.4 Å². The van der Waals surface area contributed by atoms with E-state index in [1.54, 1.807) is 0 Å². The van der Waals surface area contributed by atoms with Crippen molar-refractivity contribution in [2.75, 3.05) is 19.7 Å². The third-order valence-electron chi connectivity index (χ3n) is 1.85.